The molecule has 0 saturated heterocycles. The molecule has 12 nitrogen and oxygen atoms in total. The van der Waals surface area contributed by atoms with Crippen LogP contribution in [0.15, 0.2) is 74.4 Å². The Labute approximate surface area is 956 Å². The Morgan fingerprint density at radius 1 is 0.260 bits per heavy atom. The second-order valence-corrected chi connectivity index (χ2v) is 77.7. The van der Waals surface area contributed by atoms with Gasteiger partial charge in [0.05, 0.1) is 96.9 Å². The standard InChI is InChI=1S/C21H35Cl2NOSi.C20H33Cl2NOSi.2C19H31Cl2NOSi.C19H33Cl2NOSi.C18H31Cl2NOSi/c1-4-26(5-2,6-3)25-20(21-18(22)15-24-16-19(21)23)14-10-13-17-11-8-7-9-12-17;1-4-25(5-2,6-3)24-19(13-9-12-16-10-7-8-11-16)20-17(21)14-23-15-18(20)22;1-5-24(6-2,7-3)23-17(9-8-10-19(4)11-12-19)18-15(20)13-22-14-16(18)21;1-4-24(5-2,6-3)23-18(12-8-11-15-9-7-10-15)19-16(20)13-22-14-17(19)21;1-7-24(8-2,9-3)23-17(11-10-12-19(4,5)6)18-15(20)13-22-14-16(18)21;1-6-23(7-2,8-3)22-17(11-9-10-14(4)5)18-15(19)12-21-13-16(18)20/h15-17,20H,4-14H2,1-3H3;14-16,19H,4-13H2,1-3H3;13-14,17H,5-12H2,1-4H3;13-15,18H,4-12H2,1-3H3;13-14,17H,7-12H2,1-6H3;12-14,17H,6-11H2,1-5H3. The van der Waals surface area contributed by atoms with Crippen molar-refractivity contribution >= 4 is 189 Å². The molecule has 0 amide bonds. The summed E-state index contributed by atoms with van der Waals surface area (Å²) in [6, 6.07) is 20.4. The van der Waals surface area contributed by atoms with Crippen molar-refractivity contribution in [3.05, 3.63) is 168 Å². The summed E-state index contributed by atoms with van der Waals surface area (Å²) in [4.78, 5) is 24.6. The molecule has 6 aromatic heterocycles. The summed E-state index contributed by atoms with van der Waals surface area (Å²) in [7, 11) is -10.4. The molecule has 0 N–H and O–H groups in total. The predicted octanol–water partition coefficient (Wildman–Crippen LogP) is 45.8. The quantitative estimate of drug-likeness (QED) is 0.0337. The Morgan fingerprint density at radius 3 is 0.610 bits per heavy atom. The molecule has 30 heteroatoms. The van der Waals surface area contributed by atoms with E-state index < -0.39 is 49.9 Å². The molecule has 6 heterocycles. The lowest BCUT2D eigenvalue weighted by Gasteiger charge is -2.34. The monoisotopic (exact) mass is 2350 g/mol. The van der Waals surface area contributed by atoms with Crippen LogP contribution >= 0.6 is 139 Å². The fourth-order valence-electron chi connectivity index (χ4n) is 21.8. The summed E-state index contributed by atoms with van der Waals surface area (Å²) in [5.74, 6) is 3.44. The third kappa shape index (κ3) is 44.6. The van der Waals surface area contributed by atoms with Crippen molar-refractivity contribution in [2.75, 3.05) is 0 Å². The molecular formula is C116H194Cl12N6O6Si6. The van der Waals surface area contributed by atoms with E-state index in [-0.39, 0.29) is 36.6 Å². The van der Waals surface area contributed by atoms with Crippen LogP contribution in [0.2, 0.25) is 169 Å². The van der Waals surface area contributed by atoms with Gasteiger partial charge < -0.3 is 26.6 Å². The van der Waals surface area contributed by atoms with Gasteiger partial charge in [-0.05, 0) is 208 Å². The van der Waals surface area contributed by atoms with Crippen LogP contribution in [0.1, 0.15) is 442 Å². The van der Waals surface area contributed by atoms with E-state index in [0.29, 0.717) is 77.0 Å². The summed E-state index contributed by atoms with van der Waals surface area (Å²) in [5.41, 5.74) is 6.57. The van der Waals surface area contributed by atoms with Crippen molar-refractivity contribution < 1.29 is 26.6 Å². The molecule has 6 atom stereocenters. The molecule has 10 rings (SSSR count). The van der Waals surface area contributed by atoms with E-state index in [1.54, 1.807) is 74.4 Å². The van der Waals surface area contributed by atoms with Gasteiger partial charge in [0.1, 0.15) is 0 Å². The zero-order valence-corrected chi connectivity index (χ0v) is 110. The Bertz CT molecular complexity index is 4330. The SMILES string of the molecule is CC[Si](CC)(CC)OC(CCCC(C)(C)C)c1c(Cl)cncc1Cl.CC[Si](CC)(CC)OC(CCCC(C)C)c1c(Cl)cncc1Cl.CC[Si](CC)(CC)OC(CCCC1(C)CC1)c1c(Cl)cncc1Cl.CC[Si](CC)(CC)OC(CCCC1CCC1)c1c(Cl)cncc1Cl.CC[Si](CC)(CC)OC(CCCC1CCCC1)c1c(Cl)cncc1Cl.CC[Si](CC)(CC)OC(CCCC1CCCCC1)c1c(Cl)cncc1Cl. The third-order valence-corrected chi connectivity index (χ3v) is 65.4. The van der Waals surface area contributed by atoms with Crippen LogP contribution in [0, 0.1) is 34.5 Å². The summed E-state index contributed by atoms with van der Waals surface area (Å²) in [6.07, 6.45) is 60.3. The number of hydrogen-bond donors (Lipinski definition) is 0. The van der Waals surface area contributed by atoms with Gasteiger partial charge in [0.15, 0.2) is 49.9 Å². The van der Waals surface area contributed by atoms with E-state index in [9.17, 15) is 0 Å². The smallest absolute Gasteiger partial charge is 0.192 e. The number of halogens is 12. The molecule has 0 aromatic carbocycles. The predicted molar refractivity (Wildman–Crippen MR) is 652 cm³/mol. The van der Waals surface area contributed by atoms with E-state index in [2.05, 4.69) is 196 Å². The fraction of sp³-hybridized carbons (Fsp3) is 0.741. The lowest BCUT2D eigenvalue weighted by atomic mass is 9.81. The van der Waals surface area contributed by atoms with Gasteiger partial charge in [-0.25, -0.2) is 0 Å². The molecule has 0 bridgehead atoms. The third-order valence-electron chi connectivity index (χ3n) is 33.9. The number of rotatable bonds is 59. The Morgan fingerprint density at radius 2 is 0.438 bits per heavy atom. The Balaban J connectivity index is 0.000000308. The van der Waals surface area contributed by atoms with Crippen molar-refractivity contribution in [1.29, 1.82) is 0 Å². The van der Waals surface area contributed by atoms with E-state index in [0.717, 1.165) is 224 Å². The lowest BCUT2D eigenvalue weighted by Crippen LogP contribution is -2.37. The minimum Gasteiger partial charge on any atom is -0.410 e. The van der Waals surface area contributed by atoms with Gasteiger partial charge in [-0.15, -0.1) is 0 Å². The van der Waals surface area contributed by atoms with Gasteiger partial charge in [0.2, 0.25) is 0 Å². The van der Waals surface area contributed by atoms with Crippen LogP contribution in [0.3, 0.4) is 0 Å². The zero-order chi connectivity index (χ0) is 108. The lowest BCUT2D eigenvalue weighted by molar-refractivity contribution is 0.168. The maximum atomic E-state index is 6.87. The molecule has 4 aliphatic carbocycles. The van der Waals surface area contributed by atoms with Crippen LogP contribution in [0.25, 0.3) is 0 Å². The van der Waals surface area contributed by atoms with E-state index in [4.69, 9.17) is 166 Å². The number of nitrogens with zero attached hydrogens (tertiary/aromatic N) is 6. The largest absolute Gasteiger partial charge is 0.410 e. The summed E-state index contributed by atoms with van der Waals surface area (Å²) < 4.78 is 40.9. The highest BCUT2D eigenvalue weighted by Gasteiger charge is 2.43. The Hall–Kier alpha value is -0.559. The summed E-state index contributed by atoms with van der Waals surface area (Å²) in [6.45, 7) is 54.4. The molecule has 0 spiro atoms. The van der Waals surface area contributed by atoms with Gasteiger partial charge in [-0.3, -0.25) is 29.9 Å². The number of hydrogen-bond acceptors (Lipinski definition) is 12. The maximum Gasteiger partial charge on any atom is 0.192 e. The second-order valence-electron chi connectivity index (χ2n) is 44.4. The highest BCUT2D eigenvalue weighted by atomic mass is 35.5. The highest BCUT2D eigenvalue weighted by Crippen LogP contribution is 2.52. The molecule has 832 valence electrons. The Kier molecular flexibility index (Phi) is 65.5. The van der Waals surface area contributed by atoms with Crippen molar-refractivity contribution in [1.82, 2.24) is 29.9 Å². The minimum absolute atomic E-state index is 0.00173. The van der Waals surface area contributed by atoms with E-state index in [1.165, 1.54) is 141 Å². The summed E-state index contributed by atoms with van der Waals surface area (Å²) >= 11 is 77.5. The minimum atomic E-state index is -1.74. The molecular weight excluding hydrogens is 2170 g/mol. The second kappa shape index (κ2) is 70.4. The molecule has 4 fully saturated rings. The van der Waals surface area contributed by atoms with Gasteiger partial charge in [0, 0.05) is 108 Å². The van der Waals surface area contributed by atoms with Gasteiger partial charge in [0.25, 0.3) is 0 Å². The highest BCUT2D eigenvalue weighted by molar-refractivity contribution is 6.76. The average molecular weight is 2360 g/mol. The van der Waals surface area contributed by atoms with E-state index in [1.807, 2.05) is 0 Å². The molecule has 4 saturated carbocycles. The van der Waals surface area contributed by atoms with Gasteiger partial charge >= 0.3 is 0 Å². The first kappa shape index (κ1) is 136. The van der Waals surface area contributed by atoms with Crippen LogP contribution in [0.5, 0.6) is 0 Å². The molecule has 0 aliphatic heterocycles. The maximum absolute atomic E-state index is 6.87. The van der Waals surface area contributed by atoms with Gasteiger partial charge in [-0.1, -0.05) is 447 Å². The van der Waals surface area contributed by atoms with Crippen LogP contribution in [0.4, 0.5) is 0 Å². The molecule has 6 aromatic rings. The number of pyridine rings is 6. The summed E-state index contributed by atoms with van der Waals surface area (Å²) in [5, 5.41) is 7.62. The van der Waals surface area contributed by atoms with Crippen molar-refractivity contribution in [2.24, 2.45) is 34.5 Å². The molecule has 146 heavy (non-hydrogen) atoms. The topological polar surface area (TPSA) is 133 Å². The molecule has 6 unspecified atom stereocenters. The fourth-order valence-corrected chi connectivity index (χ4v) is 42.5. The van der Waals surface area contributed by atoms with Crippen LogP contribution in [-0.2, 0) is 26.6 Å². The average Bonchev–Trinajstić information content (AvgIpc) is 1.17. The zero-order valence-electron chi connectivity index (χ0n) is 94.7. The van der Waals surface area contributed by atoms with E-state index >= 15 is 0 Å². The van der Waals surface area contributed by atoms with Crippen molar-refractivity contribution in [2.45, 2.75) is 517 Å². The van der Waals surface area contributed by atoms with Crippen LogP contribution in [-0.4, -0.2) is 79.8 Å². The first-order valence-corrected chi connectivity index (χ1v) is 77.1. The van der Waals surface area contributed by atoms with Crippen LogP contribution < -0.4 is 0 Å². The normalized spacial score (nSPS) is 16.2. The molecule has 0 radical (unpaired) electrons. The van der Waals surface area contributed by atoms with Crippen molar-refractivity contribution in [3.63, 3.8) is 0 Å². The van der Waals surface area contributed by atoms with Crippen molar-refractivity contribution in [3.8, 4) is 0 Å². The van der Waals surface area contributed by atoms with Gasteiger partial charge in [-0.2, -0.15) is 0 Å². The number of aromatic nitrogens is 6. The first-order chi connectivity index (χ1) is 69.6. The first-order valence-electron chi connectivity index (χ1n) is 57.4. The molecule has 4 aliphatic rings.